The van der Waals surface area contributed by atoms with Crippen LogP contribution in [0.2, 0.25) is 5.02 Å². The second kappa shape index (κ2) is 7.12. The molecule has 1 radical (unpaired) electrons. The Hall–Kier alpha value is -2.95. The lowest BCUT2D eigenvalue weighted by Gasteiger charge is -2.09. The molecule has 0 aliphatic rings. The number of benzene rings is 2. The van der Waals surface area contributed by atoms with E-state index in [9.17, 15) is 13.5 Å². The minimum Gasteiger partial charge on any atom is -0.506 e. The van der Waals surface area contributed by atoms with Crippen LogP contribution >= 0.6 is 11.6 Å². The zero-order valence-electron chi connectivity index (χ0n) is 12.9. The monoisotopic (exact) mass is 392 g/mol. The first kappa shape index (κ1) is 17.9. The molecule has 0 spiro atoms. The third kappa shape index (κ3) is 4.36. The number of aromatic hydroxyl groups is 1. The van der Waals surface area contributed by atoms with Crippen molar-refractivity contribution in [3.63, 3.8) is 0 Å². The molecule has 133 valence electrons. The van der Waals surface area contributed by atoms with Gasteiger partial charge >= 0.3 is 0 Å². The Morgan fingerprint density at radius 1 is 1.04 bits per heavy atom. The van der Waals surface area contributed by atoms with Gasteiger partial charge in [-0.1, -0.05) is 17.7 Å². The zero-order valence-corrected chi connectivity index (χ0v) is 14.5. The molecule has 0 saturated heterocycles. The van der Waals surface area contributed by atoms with Crippen molar-refractivity contribution in [3.8, 4) is 5.75 Å². The fraction of sp³-hybridized carbons (Fsp3) is 0. The van der Waals surface area contributed by atoms with Gasteiger partial charge in [0.05, 0.1) is 10.6 Å². The van der Waals surface area contributed by atoms with Crippen molar-refractivity contribution in [2.24, 2.45) is 0 Å². The summed E-state index contributed by atoms with van der Waals surface area (Å²) in [7, 11) is -4.33. The van der Waals surface area contributed by atoms with Gasteiger partial charge in [-0.05, 0) is 36.4 Å². The summed E-state index contributed by atoms with van der Waals surface area (Å²) in [6, 6.07) is 9.90. The van der Waals surface area contributed by atoms with Crippen LogP contribution in [0.1, 0.15) is 0 Å². The molecule has 0 bridgehead atoms. The van der Waals surface area contributed by atoms with Crippen molar-refractivity contribution in [2.45, 2.75) is 4.90 Å². The lowest BCUT2D eigenvalue weighted by atomic mass is 10.3. The number of hydrogen-bond donors (Lipinski definition) is 4. The Balaban J connectivity index is 1.83. The summed E-state index contributed by atoms with van der Waals surface area (Å²) in [5, 5.41) is 15.8. The summed E-state index contributed by atoms with van der Waals surface area (Å²) in [5.74, 6) is 0.0904. The Labute approximate surface area is 153 Å². The molecule has 0 fully saturated rings. The van der Waals surface area contributed by atoms with E-state index >= 15 is 0 Å². The number of rotatable bonds is 5. The highest BCUT2D eigenvalue weighted by molar-refractivity contribution is 7.85. The maximum absolute atomic E-state index is 11.2. The van der Waals surface area contributed by atoms with Crippen LogP contribution in [0.5, 0.6) is 5.75 Å². The molecule has 4 N–H and O–H groups in total. The quantitative estimate of drug-likeness (QED) is 0.381. The number of aromatic nitrogens is 3. The van der Waals surface area contributed by atoms with Crippen LogP contribution in [0.15, 0.2) is 47.4 Å². The van der Waals surface area contributed by atoms with Crippen molar-refractivity contribution in [3.05, 3.63) is 53.8 Å². The molecule has 2 aromatic carbocycles. The first-order valence-electron chi connectivity index (χ1n) is 7.03. The number of phenolic OH excluding ortho intramolecular Hbond substituents is 1. The van der Waals surface area contributed by atoms with Gasteiger partial charge in [0.15, 0.2) is 0 Å². The van der Waals surface area contributed by atoms with E-state index in [0.29, 0.717) is 10.7 Å². The number of phenols is 1. The van der Waals surface area contributed by atoms with Crippen molar-refractivity contribution >= 4 is 45.0 Å². The number of hydrogen-bond acceptors (Lipinski definition) is 8. The van der Waals surface area contributed by atoms with E-state index in [2.05, 4.69) is 31.9 Å². The smallest absolute Gasteiger partial charge is 0.294 e. The van der Waals surface area contributed by atoms with Crippen molar-refractivity contribution in [2.75, 3.05) is 10.6 Å². The molecule has 26 heavy (non-hydrogen) atoms. The molecule has 3 aromatic rings. The minimum absolute atomic E-state index is 0.0508. The average molecular weight is 393 g/mol. The summed E-state index contributed by atoms with van der Waals surface area (Å²) < 4.78 is 31.5. The highest BCUT2D eigenvalue weighted by atomic mass is 35.5. The van der Waals surface area contributed by atoms with Crippen LogP contribution < -0.4 is 10.6 Å². The predicted octanol–water partition coefficient (Wildman–Crippen LogP) is 2.76. The average Bonchev–Trinajstić information content (AvgIpc) is 2.58. The van der Waals surface area contributed by atoms with Crippen LogP contribution in [-0.4, -0.2) is 33.0 Å². The zero-order chi connectivity index (χ0) is 18.7. The van der Waals surface area contributed by atoms with E-state index in [1.807, 2.05) is 0 Å². The molecule has 0 saturated carbocycles. The van der Waals surface area contributed by atoms with Crippen LogP contribution in [0, 0.1) is 6.33 Å². The van der Waals surface area contributed by atoms with E-state index < -0.39 is 10.1 Å². The van der Waals surface area contributed by atoms with Gasteiger partial charge in [0, 0.05) is 10.7 Å². The van der Waals surface area contributed by atoms with Gasteiger partial charge in [0.2, 0.25) is 18.2 Å². The molecular weight excluding hydrogens is 382 g/mol. The molecule has 3 rings (SSSR count). The van der Waals surface area contributed by atoms with Gasteiger partial charge in [-0.3, -0.25) is 4.55 Å². The highest BCUT2D eigenvalue weighted by Crippen LogP contribution is 2.28. The molecular formula is C15H11ClN5O4S. The summed E-state index contributed by atoms with van der Waals surface area (Å²) >= 11 is 5.88. The van der Waals surface area contributed by atoms with E-state index in [4.69, 9.17) is 16.2 Å². The summed E-state index contributed by atoms with van der Waals surface area (Å²) in [6.07, 6.45) is 2.38. The Bertz CT molecular complexity index is 1060. The second-order valence-corrected chi connectivity index (χ2v) is 6.85. The van der Waals surface area contributed by atoms with Gasteiger partial charge in [-0.25, -0.2) is 0 Å². The van der Waals surface area contributed by atoms with Crippen LogP contribution in [0.3, 0.4) is 0 Å². The van der Waals surface area contributed by atoms with Gasteiger partial charge < -0.3 is 15.7 Å². The second-order valence-electron chi connectivity index (χ2n) is 5.00. The Morgan fingerprint density at radius 3 is 2.50 bits per heavy atom. The fourth-order valence-electron chi connectivity index (χ4n) is 1.97. The van der Waals surface area contributed by atoms with Crippen molar-refractivity contribution < 1.29 is 18.1 Å². The number of halogens is 1. The highest BCUT2D eigenvalue weighted by Gasteiger charge is 2.11. The van der Waals surface area contributed by atoms with Gasteiger partial charge in [0.25, 0.3) is 10.1 Å². The Kier molecular flexibility index (Phi) is 4.89. The number of nitrogens with zero attached hydrogens (tertiary/aromatic N) is 3. The molecule has 9 nitrogen and oxygen atoms in total. The van der Waals surface area contributed by atoms with Gasteiger partial charge in [0.1, 0.15) is 5.75 Å². The first-order chi connectivity index (χ1) is 12.3. The molecule has 11 heteroatoms. The normalized spacial score (nSPS) is 11.2. The van der Waals surface area contributed by atoms with E-state index in [1.54, 1.807) is 6.07 Å². The van der Waals surface area contributed by atoms with Crippen LogP contribution in [0.4, 0.5) is 23.3 Å². The lowest BCUT2D eigenvalue weighted by molar-refractivity contribution is 0.477. The van der Waals surface area contributed by atoms with Crippen molar-refractivity contribution in [1.29, 1.82) is 0 Å². The minimum atomic E-state index is -4.33. The summed E-state index contributed by atoms with van der Waals surface area (Å²) in [5.41, 5.74) is 0.618. The largest absolute Gasteiger partial charge is 0.506 e. The van der Waals surface area contributed by atoms with Crippen molar-refractivity contribution in [1.82, 2.24) is 15.0 Å². The molecule has 1 aromatic heterocycles. The van der Waals surface area contributed by atoms with Crippen LogP contribution in [-0.2, 0) is 10.1 Å². The van der Waals surface area contributed by atoms with Crippen LogP contribution in [0.25, 0.3) is 0 Å². The fourth-order valence-corrected chi connectivity index (χ4v) is 2.67. The van der Waals surface area contributed by atoms with Gasteiger partial charge in [-0.15, -0.1) is 0 Å². The third-order valence-electron chi connectivity index (χ3n) is 3.12. The molecule has 0 unspecified atom stereocenters. The SMILES string of the molecule is O=S(=O)(O)c1cccc(Nc2n[c]nc(Nc3cc(Cl)ccc3O)n2)c1. The summed E-state index contributed by atoms with van der Waals surface area (Å²) in [6.45, 7) is 0. The Morgan fingerprint density at radius 2 is 1.77 bits per heavy atom. The molecule has 0 aliphatic heterocycles. The maximum atomic E-state index is 11.2. The number of anilines is 4. The predicted molar refractivity (Wildman–Crippen MR) is 94.6 cm³/mol. The standard InChI is InChI=1S/C15H11ClN5O4S/c16-9-4-5-13(22)12(6-9)20-15-18-8-17-14(21-15)19-10-2-1-3-11(7-10)26(23,24)25/h1-7,22H,(H,23,24,25)(H2,17,18,19,20,21). The van der Waals surface area contributed by atoms with E-state index in [0.717, 1.165) is 0 Å². The van der Waals surface area contributed by atoms with E-state index in [1.165, 1.54) is 36.4 Å². The topological polar surface area (TPSA) is 137 Å². The lowest BCUT2D eigenvalue weighted by Crippen LogP contribution is -2.04. The molecule has 0 amide bonds. The molecule has 0 aliphatic carbocycles. The first-order valence-corrected chi connectivity index (χ1v) is 8.85. The molecule has 1 heterocycles. The summed E-state index contributed by atoms with van der Waals surface area (Å²) in [4.78, 5) is 11.4. The van der Waals surface area contributed by atoms with Gasteiger partial charge in [-0.2, -0.15) is 23.4 Å². The van der Waals surface area contributed by atoms with E-state index in [-0.39, 0.29) is 28.2 Å². The third-order valence-corrected chi connectivity index (χ3v) is 4.20. The molecule has 0 atom stereocenters. The number of nitrogens with one attached hydrogen (secondary N) is 2. The maximum Gasteiger partial charge on any atom is 0.294 e.